The van der Waals surface area contributed by atoms with E-state index in [1.165, 1.54) is 12.1 Å². The van der Waals surface area contributed by atoms with Gasteiger partial charge < -0.3 is 4.52 Å². The Morgan fingerprint density at radius 1 is 1.33 bits per heavy atom. The van der Waals surface area contributed by atoms with E-state index < -0.39 is 0 Å². The van der Waals surface area contributed by atoms with Crippen LogP contribution in [-0.2, 0) is 5.33 Å². The summed E-state index contributed by atoms with van der Waals surface area (Å²) in [5.74, 6) is 0.494. The highest BCUT2D eigenvalue weighted by Crippen LogP contribution is 2.23. The largest absolute Gasteiger partial charge is 0.334 e. The zero-order valence-corrected chi connectivity index (χ0v) is 10.5. The van der Waals surface area contributed by atoms with E-state index in [0.29, 0.717) is 27.1 Å². The van der Waals surface area contributed by atoms with Gasteiger partial charge in [0.1, 0.15) is 5.82 Å². The summed E-state index contributed by atoms with van der Waals surface area (Å²) in [7, 11) is 0. The Morgan fingerprint density at radius 3 is 2.73 bits per heavy atom. The molecule has 0 aliphatic carbocycles. The van der Waals surface area contributed by atoms with Crippen LogP contribution in [-0.4, -0.2) is 10.1 Å². The molecule has 2 aromatic rings. The van der Waals surface area contributed by atoms with Crippen LogP contribution >= 0.6 is 31.9 Å². The molecule has 0 saturated carbocycles. The number of hydrogen-bond acceptors (Lipinski definition) is 3. The molecule has 0 radical (unpaired) electrons. The quantitative estimate of drug-likeness (QED) is 0.788. The maximum Gasteiger partial charge on any atom is 0.258 e. The summed E-state index contributed by atoms with van der Waals surface area (Å²) in [6, 6.07) is 4.43. The molecule has 1 aromatic carbocycles. The monoisotopic (exact) mass is 334 g/mol. The Hall–Kier alpha value is -0.750. The third-order valence-corrected chi connectivity index (χ3v) is 2.66. The minimum Gasteiger partial charge on any atom is -0.334 e. The van der Waals surface area contributed by atoms with Crippen molar-refractivity contribution in [2.75, 3.05) is 0 Å². The van der Waals surface area contributed by atoms with E-state index in [4.69, 9.17) is 4.52 Å². The van der Waals surface area contributed by atoms with Gasteiger partial charge in [-0.2, -0.15) is 4.98 Å². The van der Waals surface area contributed by atoms with E-state index in [0.717, 1.165) is 0 Å². The summed E-state index contributed by atoms with van der Waals surface area (Å²) in [5.41, 5.74) is 0.557. The second kappa shape index (κ2) is 4.40. The lowest BCUT2D eigenvalue weighted by atomic mass is 10.2. The molecule has 0 aliphatic heterocycles. The zero-order chi connectivity index (χ0) is 10.8. The third kappa shape index (κ3) is 2.43. The summed E-state index contributed by atoms with van der Waals surface area (Å²) in [4.78, 5) is 4.07. The first-order valence-electron chi connectivity index (χ1n) is 4.04. The summed E-state index contributed by atoms with van der Waals surface area (Å²) in [6.07, 6.45) is 0. The van der Waals surface area contributed by atoms with Gasteiger partial charge in [0, 0.05) is 10.0 Å². The van der Waals surface area contributed by atoms with Gasteiger partial charge in [-0.05, 0) is 18.2 Å². The summed E-state index contributed by atoms with van der Waals surface area (Å²) >= 11 is 6.40. The van der Waals surface area contributed by atoms with Crippen molar-refractivity contribution in [3.63, 3.8) is 0 Å². The molecule has 0 bridgehead atoms. The Kier molecular flexibility index (Phi) is 3.16. The Balaban J connectivity index is 2.44. The second-order valence-corrected chi connectivity index (χ2v) is 4.28. The van der Waals surface area contributed by atoms with E-state index >= 15 is 0 Å². The van der Waals surface area contributed by atoms with Gasteiger partial charge in [-0.25, -0.2) is 4.39 Å². The van der Waals surface area contributed by atoms with Crippen LogP contribution in [0.1, 0.15) is 5.82 Å². The lowest BCUT2D eigenvalue weighted by Gasteiger charge is -1.96. The molecule has 0 saturated heterocycles. The molecule has 0 fully saturated rings. The molecule has 78 valence electrons. The Labute approximate surface area is 102 Å². The minimum atomic E-state index is -0.349. The highest BCUT2D eigenvalue weighted by molar-refractivity contribution is 9.10. The summed E-state index contributed by atoms with van der Waals surface area (Å²) in [5, 5.41) is 4.21. The van der Waals surface area contributed by atoms with E-state index in [2.05, 4.69) is 42.0 Å². The highest BCUT2D eigenvalue weighted by Gasteiger charge is 2.09. The first-order valence-corrected chi connectivity index (χ1v) is 5.95. The summed E-state index contributed by atoms with van der Waals surface area (Å²) in [6.45, 7) is 0. The van der Waals surface area contributed by atoms with Crippen molar-refractivity contribution >= 4 is 31.9 Å². The van der Waals surface area contributed by atoms with E-state index in [-0.39, 0.29) is 5.82 Å². The number of rotatable bonds is 2. The standard InChI is InChI=1S/C9H5Br2FN2O/c10-4-8-13-9(15-14-8)5-1-6(11)3-7(12)2-5/h1-3H,4H2. The van der Waals surface area contributed by atoms with E-state index in [1.54, 1.807) is 6.07 Å². The zero-order valence-electron chi connectivity index (χ0n) is 7.38. The van der Waals surface area contributed by atoms with Gasteiger partial charge in [-0.15, -0.1) is 0 Å². The molecular weight excluding hydrogens is 331 g/mol. The van der Waals surface area contributed by atoms with Crippen molar-refractivity contribution < 1.29 is 8.91 Å². The average Bonchev–Trinajstić information content (AvgIpc) is 2.64. The molecule has 3 nitrogen and oxygen atoms in total. The topological polar surface area (TPSA) is 38.9 Å². The number of hydrogen-bond donors (Lipinski definition) is 0. The maximum absolute atomic E-state index is 13.1. The van der Waals surface area contributed by atoms with Crippen molar-refractivity contribution in [1.82, 2.24) is 10.1 Å². The predicted octanol–water partition coefficient (Wildman–Crippen LogP) is 3.53. The van der Waals surface area contributed by atoms with Crippen molar-refractivity contribution in [1.29, 1.82) is 0 Å². The lowest BCUT2D eigenvalue weighted by molar-refractivity contribution is 0.425. The molecule has 1 heterocycles. The normalized spacial score (nSPS) is 10.6. The fourth-order valence-corrected chi connectivity index (χ4v) is 1.80. The van der Waals surface area contributed by atoms with Gasteiger partial charge in [0.2, 0.25) is 0 Å². The van der Waals surface area contributed by atoms with E-state index in [1.807, 2.05) is 0 Å². The van der Waals surface area contributed by atoms with Gasteiger partial charge in [-0.1, -0.05) is 37.0 Å². The molecule has 0 atom stereocenters. The molecule has 2 rings (SSSR count). The molecule has 0 spiro atoms. The molecule has 0 aliphatic rings. The SMILES string of the molecule is Fc1cc(Br)cc(-c2nc(CBr)no2)c1. The predicted molar refractivity (Wildman–Crippen MR) is 60.0 cm³/mol. The van der Waals surface area contributed by atoms with Crippen LogP contribution in [0.3, 0.4) is 0 Å². The number of benzene rings is 1. The Bertz CT molecular complexity index is 466. The third-order valence-electron chi connectivity index (χ3n) is 1.70. The second-order valence-electron chi connectivity index (χ2n) is 2.81. The number of aromatic nitrogens is 2. The molecule has 0 amide bonds. The van der Waals surface area contributed by atoms with Gasteiger partial charge in [0.05, 0.1) is 5.33 Å². The van der Waals surface area contributed by atoms with Crippen molar-refractivity contribution in [3.8, 4) is 11.5 Å². The van der Waals surface area contributed by atoms with E-state index in [9.17, 15) is 4.39 Å². The van der Waals surface area contributed by atoms with Gasteiger partial charge >= 0.3 is 0 Å². The maximum atomic E-state index is 13.1. The fourth-order valence-electron chi connectivity index (χ4n) is 1.10. The van der Waals surface area contributed by atoms with Crippen LogP contribution in [0.2, 0.25) is 0 Å². The molecular formula is C9H5Br2FN2O. The molecule has 0 N–H and O–H groups in total. The van der Waals surface area contributed by atoms with Crippen LogP contribution in [0.25, 0.3) is 11.5 Å². The smallest absolute Gasteiger partial charge is 0.258 e. The molecule has 6 heteroatoms. The molecule has 0 unspecified atom stereocenters. The van der Waals surface area contributed by atoms with Crippen LogP contribution in [0.4, 0.5) is 4.39 Å². The number of halogens is 3. The van der Waals surface area contributed by atoms with Crippen molar-refractivity contribution in [2.24, 2.45) is 0 Å². The first kappa shape index (κ1) is 10.8. The molecule has 15 heavy (non-hydrogen) atoms. The van der Waals surface area contributed by atoms with Crippen molar-refractivity contribution in [3.05, 3.63) is 34.3 Å². The average molecular weight is 336 g/mol. The van der Waals surface area contributed by atoms with Gasteiger partial charge in [-0.3, -0.25) is 0 Å². The highest BCUT2D eigenvalue weighted by atomic mass is 79.9. The minimum absolute atomic E-state index is 0.310. The van der Waals surface area contributed by atoms with Crippen LogP contribution in [0.15, 0.2) is 27.2 Å². The molecule has 1 aromatic heterocycles. The number of nitrogens with zero attached hydrogens (tertiary/aromatic N) is 2. The van der Waals surface area contributed by atoms with Gasteiger partial charge in [0.25, 0.3) is 5.89 Å². The van der Waals surface area contributed by atoms with Crippen LogP contribution in [0.5, 0.6) is 0 Å². The van der Waals surface area contributed by atoms with Crippen molar-refractivity contribution in [2.45, 2.75) is 5.33 Å². The Morgan fingerprint density at radius 2 is 2.13 bits per heavy atom. The van der Waals surface area contributed by atoms with Gasteiger partial charge in [0.15, 0.2) is 5.82 Å². The van der Waals surface area contributed by atoms with Crippen LogP contribution in [0, 0.1) is 5.82 Å². The van der Waals surface area contributed by atoms with Crippen LogP contribution < -0.4 is 0 Å². The first-order chi connectivity index (χ1) is 7.19. The fraction of sp³-hybridized carbons (Fsp3) is 0.111. The number of alkyl halides is 1. The summed E-state index contributed by atoms with van der Waals surface area (Å²) < 4.78 is 18.7. The lowest BCUT2D eigenvalue weighted by Crippen LogP contribution is -1.83.